The van der Waals surface area contributed by atoms with Gasteiger partial charge in [-0.15, -0.1) is 0 Å². The molecule has 4 bridgehead atoms. The summed E-state index contributed by atoms with van der Waals surface area (Å²) in [6, 6.07) is 0. The van der Waals surface area contributed by atoms with Gasteiger partial charge in [0.2, 0.25) is 5.91 Å². The number of aliphatic hydroxyl groups is 1. The van der Waals surface area contributed by atoms with Gasteiger partial charge in [0.05, 0.1) is 12.6 Å². The summed E-state index contributed by atoms with van der Waals surface area (Å²) in [5.74, 6) is 2.85. The van der Waals surface area contributed by atoms with Gasteiger partial charge in [0.25, 0.3) is 0 Å². The fraction of sp³-hybridized carbons (Fsp3) is 0.941. The van der Waals surface area contributed by atoms with E-state index in [1.807, 2.05) is 0 Å². The number of carbonyl (C=O) groups excluding carboxylic acids is 1. The standard InChI is InChI=1S/C17H28N2O2/c20-15-1-3-19(4-2-15)11-16(21)18-17-8-12-5-13(9-17)7-14(6-12)10-17/h12-15,20H,1-11H2,(H,18,21). The molecule has 0 radical (unpaired) electrons. The molecule has 5 aliphatic rings. The van der Waals surface area contributed by atoms with Gasteiger partial charge in [0.15, 0.2) is 0 Å². The summed E-state index contributed by atoms with van der Waals surface area (Å²) in [6.45, 7) is 2.24. The summed E-state index contributed by atoms with van der Waals surface area (Å²) in [5, 5.41) is 13.0. The first-order chi connectivity index (χ1) is 10.1. The number of rotatable bonds is 3. The van der Waals surface area contributed by atoms with Gasteiger partial charge in [0.1, 0.15) is 0 Å². The summed E-state index contributed by atoms with van der Waals surface area (Å²) in [4.78, 5) is 14.7. The Bertz CT molecular complexity index is 380. The SMILES string of the molecule is O=C(CN1CCC(O)CC1)NC12CC3CC(CC(C3)C1)C2. The molecule has 1 saturated heterocycles. The number of amides is 1. The first-order valence-corrected chi connectivity index (χ1v) is 8.82. The predicted molar refractivity (Wildman–Crippen MR) is 80.7 cm³/mol. The second-order valence-corrected chi connectivity index (χ2v) is 8.25. The van der Waals surface area contributed by atoms with E-state index in [0.717, 1.165) is 43.7 Å². The van der Waals surface area contributed by atoms with Gasteiger partial charge in [-0.05, 0) is 69.1 Å². The summed E-state index contributed by atoms with van der Waals surface area (Å²) >= 11 is 0. The minimum absolute atomic E-state index is 0.140. The molecule has 21 heavy (non-hydrogen) atoms. The maximum Gasteiger partial charge on any atom is 0.234 e. The number of hydrogen-bond donors (Lipinski definition) is 2. The topological polar surface area (TPSA) is 52.6 Å². The molecule has 2 N–H and O–H groups in total. The highest BCUT2D eigenvalue weighted by Gasteiger charge is 2.51. The Hall–Kier alpha value is -0.610. The first kappa shape index (κ1) is 14.0. The smallest absolute Gasteiger partial charge is 0.234 e. The summed E-state index contributed by atoms with van der Waals surface area (Å²) in [7, 11) is 0. The Kier molecular flexibility index (Phi) is 3.49. The van der Waals surface area contributed by atoms with E-state index in [9.17, 15) is 9.90 Å². The van der Waals surface area contributed by atoms with Crippen LogP contribution in [0.15, 0.2) is 0 Å². The number of aliphatic hydroxyl groups excluding tert-OH is 1. The number of likely N-dealkylation sites (tertiary alicyclic amines) is 1. The van der Waals surface area contributed by atoms with E-state index in [-0.39, 0.29) is 17.6 Å². The number of nitrogens with one attached hydrogen (secondary N) is 1. The molecule has 118 valence electrons. The maximum absolute atomic E-state index is 12.5. The van der Waals surface area contributed by atoms with Crippen LogP contribution < -0.4 is 5.32 Å². The Morgan fingerprint density at radius 2 is 1.57 bits per heavy atom. The molecule has 5 rings (SSSR count). The van der Waals surface area contributed by atoms with Gasteiger partial charge in [-0.25, -0.2) is 0 Å². The molecular weight excluding hydrogens is 264 g/mol. The van der Waals surface area contributed by atoms with Crippen molar-refractivity contribution in [3.8, 4) is 0 Å². The molecule has 4 heteroatoms. The molecule has 0 spiro atoms. The highest BCUT2D eigenvalue weighted by molar-refractivity contribution is 5.79. The van der Waals surface area contributed by atoms with Gasteiger partial charge < -0.3 is 10.4 Å². The van der Waals surface area contributed by atoms with E-state index < -0.39 is 0 Å². The Morgan fingerprint density at radius 3 is 2.10 bits per heavy atom. The molecule has 0 unspecified atom stereocenters. The van der Waals surface area contributed by atoms with E-state index in [2.05, 4.69) is 10.2 Å². The molecule has 5 fully saturated rings. The normalized spacial score (nSPS) is 43.2. The van der Waals surface area contributed by atoms with E-state index in [1.165, 1.54) is 38.5 Å². The van der Waals surface area contributed by atoms with Gasteiger partial charge in [-0.3, -0.25) is 9.69 Å². The number of piperidine rings is 1. The lowest BCUT2D eigenvalue weighted by atomic mass is 9.53. The molecule has 4 aliphatic carbocycles. The van der Waals surface area contributed by atoms with Crippen LogP contribution in [0.1, 0.15) is 51.4 Å². The fourth-order valence-corrected chi connectivity index (χ4v) is 5.88. The molecule has 1 aliphatic heterocycles. The van der Waals surface area contributed by atoms with Crippen LogP contribution in [0.25, 0.3) is 0 Å². The average Bonchev–Trinajstić information content (AvgIpc) is 2.39. The quantitative estimate of drug-likeness (QED) is 0.829. The van der Waals surface area contributed by atoms with Crippen molar-refractivity contribution in [2.24, 2.45) is 17.8 Å². The third-order valence-electron chi connectivity index (χ3n) is 6.37. The number of nitrogens with zero attached hydrogens (tertiary/aromatic N) is 1. The van der Waals surface area contributed by atoms with Crippen LogP contribution in [0.4, 0.5) is 0 Å². The fourth-order valence-electron chi connectivity index (χ4n) is 5.88. The summed E-state index contributed by atoms with van der Waals surface area (Å²) in [5.41, 5.74) is 0.140. The molecule has 4 saturated carbocycles. The molecule has 4 nitrogen and oxygen atoms in total. The Labute approximate surface area is 127 Å². The monoisotopic (exact) mass is 292 g/mol. The minimum atomic E-state index is -0.160. The highest BCUT2D eigenvalue weighted by atomic mass is 16.3. The van der Waals surface area contributed by atoms with Crippen molar-refractivity contribution in [2.45, 2.75) is 63.0 Å². The van der Waals surface area contributed by atoms with Crippen molar-refractivity contribution < 1.29 is 9.90 Å². The number of carbonyl (C=O) groups is 1. The van der Waals surface area contributed by atoms with Crippen molar-refractivity contribution in [3.63, 3.8) is 0 Å². The minimum Gasteiger partial charge on any atom is -0.393 e. The van der Waals surface area contributed by atoms with Crippen LogP contribution >= 0.6 is 0 Å². The van der Waals surface area contributed by atoms with E-state index in [1.54, 1.807) is 0 Å². The largest absolute Gasteiger partial charge is 0.393 e. The van der Waals surface area contributed by atoms with Crippen LogP contribution in [0.5, 0.6) is 0 Å². The average molecular weight is 292 g/mol. The van der Waals surface area contributed by atoms with Gasteiger partial charge in [0, 0.05) is 18.6 Å². The predicted octanol–water partition coefficient (Wildman–Crippen LogP) is 1.53. The highest BCUT2D eigenvalue weighted by Crippen LogP contribution is 2.55. The second-order valence-electron chi connectivity index (χ2n) is 8.25. The van der Waals surface area contributed by atoms with Crippen LogP contribution in [-0.2, 0) is 4.79 Å². The molecule has 0 atom stereocenters. The van der Waals surface area contributed by atoms with Crippen molar-refractivity contribution in [3.05, 3.63) is 0 Å². The van der Waals surface area contributed by atoms with Crippen LogP contribution in [0, 0.1) is 17.8 Å². The zero-order chi connectivity index (χ0) is 14.4. The Morgan fingerprint density at radius 1 is 1.05 bits per heavy atom. The third-order valence-corrected chi connectivity index (χ3v) is 6.37. The lowest BCUT2D eigenvalue weighted by Crippen LogP contribution is -2.61. The lowest BCUT2D eigenvalue weighted by Gasteiger charge is -2.57. The van der Waals surface area contributed by atoms with Crippen molar-refractivity contribution in [2.75, 3.05) is 19.6 Å². The first-order valence-electron chi connectivity index (χ1n) is 8.82. The van der Waals surface area contributed by atoms with E-state index in [0.29, 0.717) is 6.54 Å². The molecule has 1 amide bonds. The van der Waals surface area contributed by atoms with Crippen LogP contribution in [0.2, 0.25) is 0 Å². The number of hydrogen-bond acceptors (Lipinski definition) is 3. The summed E-state index contributed by atoms with van der Waals surface area (Å²) in [6.07, 6.45) is 9.38. The van der Waals surface area contributed by atoms with Crippen molar-refractivity contribution in [1.29, 1.82) is 0 Å². The van der Waals surface area contributed by atoms with E-state index >= 15 is 0 Å². The van der Waals surface area contributed by atoms with Gasteiger partial charge in [-0.1, -0.05) is 0 Å². The zero-order valence-electron chi connectivity index (χ0n) is 12.9. The summed E-state index contributed by atoms with van der Waals surface area (Å²) < 4.78 is 0. The van der Waals surface area contributed by atoms with Crippen molar-refractivity contribution >= 4 is 5.91 Å². The molecule has 0 aromatic heterocycles. The zero-order valence-corrected chi connectivity index (χ0v) is 12.9. The third kappa shape index (κ3) is 2.85. The molecule has 1 heterocycles. The van der Waals surface area contributed by atoms with Gasteiger partial charge >= 0.3 is 0 Å². The lowest BCUT2D eigenvalue weighted by molar-refractivity contribution is -0.128. The maximum atomic E-state index is 12.5. The molecule has 0 aromatic rings. The molecular formula is C17H28N2O2. The van der Waals surface area contributed by atoms with Crippen LogP contribution in [0.3, 0.4) is 0 Å². The second kappa shape index (κ2) is 5.24. The Balaban J connectivity index is 1.34. The molecule has 0 aromatic carbocycles. The van der Waals surface area contributed by atoms with Crippen molar-refractivity contribution in [1.82, 2.24) is 10.2 Å². The van der Waals surface area contributed by atoms with Gasteiger partial charge in [-0.2, -0.15) is 0 Å². The van der Waals surface area contributed by atoms with Crippen LogP contribution in [-0.4, -0.2) is 47.2 Å². The van der Waals surface area contributed by atoms with E-state index in [4.69, 9.17) is 0 Å².